The van der Waals surface area contributed by atoms with Crippen LogP contribution in [-0.2, 0) is 0 Å². The molecule has 4 rings (SSSR count). The molecule has 156 valence electrons. The molecule has 0 radical (unpaired) electrons. The lowest BCUT2D eigenvalue weighted by atomic mass is 10.0. The Labute approximate surface area is 188 Å². The van der Waals surface area contributed by atoms with E-state index in [0.29, 0.717) is 23.9 Å². The number of guanidine groups is 1. The lowest BCUT2D eigenvalue weighted by Crippen LogP contribution is -2.49. The molecule has 0 amide bonds. The number of benzene rings is 1. The van der Waals surface area contributed by atoms with Gasteiger partial charge in [-0.25, -0.2) is 0 Å². The zero-order chi connectivity index (χ0) is 18.8. The van der Waals surface area contributed by atoms with Crippen molar-refractivity contribution in [3.63, 3.8) is 0 Å². The smallest absolute Gasteiger partial charge is 0.191 e. The van der Waals surface area contributed by atoms with Gasteiger partial charge in [0.1, 0.15) is 0 Å². The normalized spacial score (nSPS) is 26.1. The average molecular weight is 496 g/mol. The molecule has 0 bridgehead atoms. The molecule has 0 spiro atoms. The number of nitrogens with one attached hydrogen (secondary N) is 2. The van der Waals surface area contributed by atoms with Gasteiger partial charge >= 0.3 is 0 Å². The Kier molecular flexibility index (Phi) is 7.65. The van der Waals surface area contributed by atoms with Gasteiger partial charge in [-0.1, -0.05) is 38.1 Å². The van der Waals surface area contributed by atoms with Crippen molar-refractivity contribution >= 4 is 29.9 Å². The molecule has 3 aliphatic rings. The van der Waals surface area contributed by atoms with Crippen molar-refractivity contribution < 1.29 is 0 Å². The number of rotatable bonds is 6. The first kappa shape index (κ1) is 21.9. The minimum Gasteiger partial charge on any atom is -0.354 e. The summed E-state index contributed by atoms with van der Waals surface area (Å²) in [6.45, 7) is 9.95. The molecule has 3 fully saturated rings. The molecule has 2 aliphatic carbocycles. The molecule has 1 aromatic rings. The van der Waals surface area contributed by atoms with Crippen molar-refractivity contribution in [2.75, 3.05) is 19.6 Å². The van der Waals surface area contributed by atoms with E-state index in [0.717, 1.165) is 18.5 Å². The molecule has 5 heteroatoms. The Morgan fingerprint density at radius 2 is 1.75 bits per heavy atom. The Morgan fingerprint density at radius 1 is 1.07 bits per heavy atom. The predicted octanol–water partition coefficient (Wildman–Crippen LogP) is 4.47. The van der Waals surface area contributed by atoms with Gasteiger partial charge in [0.15, 0.2) is 5.96 Å². The van der Waals surface area contributed by atoms with Crippen molar-refractivity contribution in [1.29, 1.82) is 0 Å². The third-order valence-electron chi connectivity index (χ3n) is 6.39. The highest BCUT2D eigenvalue weighted by Gasteiger charge is 2.39. The van der Waals surface area contributed by atoms with Gasteiger partial charge in [-0.3, -0.25) is 4.99 Å². The van der Waals surface area contributed by atoms with Gasteiger partial charge in [0.2, 0.25) is 0 Å². The fourth-order valence-corrected chi connectivity index (χ4v) is 4.36. The zero-order valence-electron chi connectivity index (χ0n) is 17.7. The fraction of sp³-hybridized carbons (Fsp3) is 0.696. The molecule has 2 saturated carbocycles. The van der Waals surface area contributed by atoms with E-state index < -0.39 is 0 Å². The second kappa shape index (κ2) is 9.79. The van der Waals surface area contributed by atoms with Crippen LogP contribution in [-0.4, -0.2) is 48.6 Å². The highest BCUT2D eigenvalue weighted by Crippen LogP contribution is 2.41. The Hall–Kier alpha value is -0.820. The Morgan fingerprint density at radius 3 is 2.32 bits per heavy atom. The largest absolute Gasteiger partial charge is 0.354 e. The van der Waals surface area contributed by atoms with E-state index in [1.807, 2.05) is 0 Å². The summed E-state index contributed by atoms with van der Waals surface area (Å²) in [5.41, 5.74) is 2.89. The second-order valence-electron chi connectivity index (χ2n) is 8.92. The maximum absolute atomic E-state index is 4.71. The van der Waals surface area contributed by atoms with Crippen molar-refractivity contribution in [2.24, 2.45) is 4.99 Å². The molecule has 2 atom stereocenters. The van der Waals surface area contributed by atoms with Crippen molar-refractivity contribution in [2.45, 2.75) is 82.8 Å². The second-order valence-corrected chi connectivity index (χ2v) is 8.92. The van der Waals surface area contributed by atoms with E-state index in [2.05, 4.69) is 60.6 Å². The number of halogens is 1. The number of hydrogen-bond acceptors (Lipinski definition) is 2. The van der Waals surface area contributed by atoms with Gasteiger partial charge in [0, 0.05) is 43.7 Å². The molecule has 4 nitrogen and oxygen atoms in total. The minimum atomic E-state index is 0. The maximum atomic E-state index is 4.71. The van der Waals surface area contributed by atoms with Crippen LogP contribution in [0.4, 0.5) is 0 Å². The first-order chi connectivity index (χ1) is 13.1. The van der Waals surface area contributed by atoms with Crippen molar-refractivity contribution in [1.82, 2.24) is 15.5 Å². The summed E-state index contributed by atoms with van der Waals surface area (Å²) < 4.78 is 0. The molecule has 1 aromatic carbocycles. The quantitative estimate of drug-likeness (QED) is 0.347. The van der Waals surface area contributed by atoms with E-state index >= 15 is 0 Å². The van der Waals surface area contributed by atoms with Crippen molar-refractivity contribution in [3.8, 4) is 0 Å². The van der Waals surface area contributed by atoms with Gasteiger partial charge in [0.25, 0.3) is 0 Å². The summed E-state index contributed by atoms with van der Waals surface area (Å²) in [7, 11) is 0. The van der Waals surface area contributed by atoms with Crippen LogP contribution >= 0.6 is 24.0 Å². The standard InChI is InChI=1S/C23H36N4.HI/c1-4-24-23(25-19-11-13-27(14-12-19)20-9-10-20)26-22-15-21(22)18-7-5-17(6-8-18)16(2)3;/h5-8,16,19-22H,4,9-15H2,1-3H3,(H2,24,25,26);1H. The van der Waals surface area contributed by atoms with Crippen LogP contribution in [0.25, 0.3) is 0 Å². The van der Waals surface area contributed by atoms with E-state index in [-0.39, 0.29) is 24.0 Å². The van der Waals surface area contributed by atoms with Gasteiger partial charge < -0.3 is 15.5 Å². The summed E-state index contributed by atoms with van der Waals surface area (Å²) in [6.07, 6.45) is 6.54. The summed E-state index contributed by atoms with van der Waals surface area (Å²) in [5.74, 6) is 2.26. The van der Waals surface area contributed by atoms with Crippen molar-refractivity contribution in [3.05, 3.63) is 35.4 Å². The Bertz CT molecular complexity index is 645. The number of likely N-dealkylation sites (tertiary alicyclic amines) is 1. The average Bonchev–Trinajstić information content (AvgIpc) is 3.58. The molecular weight excluding hydrogens is 459 g/mol. The van der Waals surface area contributed by atoms with Crippen LogP contribution in [0.3, 0.4) is 0 Å². The minimum absolute atomic E-state index is 0. The maximum Gasteiger partial charge on any atom is 0.191 e. The molecule has 1 heterocycles. The lowest BCUT2D eigenvalue weighted by molar-refractivity contribution is 0.197. The molecule has 1 aliphatic heterocycles. The highest BCUT2D eigenvalue weighted by molar-refractivity contribution is 14.0. The molecule has 2 N–H and O–H groups in total. The van der Waals surface area contributed by atoms with Crippen LogP contribution < -0.4 is 10.6 Å². The number of hydrogen-bond donors (Lipinski definition) is 2. The first-order valence-corrected chi connectivity index (χ1v) is 11.1. The molecule has 2 unspecified atom stereocenters. The lowest BCUT2D eigenvalue weighted by Gasteiger charge is -2.33. The predicted molar refractivity (Wildman–Crippen MR) is 129 cm³/mol. The van der Waals surface area contributed by atoms with E-state index in [1.165, 1.54) is 56.3 Å². The molecule has 28 heavy (non-hydrogen) atoms. The van der Waals surface area contributed by atoms with E-state index in [9.17, 15) is 0 Å². The van der Waals surface area contributed by atoms with Crippen LogP contribution in [0.1, 0.15) is 75.8 Å². The molecule has 0 aromatic heterocycles. The van der Waals surface area contributed by atoms with Crippen LogP contribution in [0.5, 0.6) is 0 Å². The number of piperidine rings is 1. The van der Waals surface area contributed by atoms with E-state index in [1.54, 1.807) is 0 Å². The molecular formula is C23H37IN4. The number of nitrogens with zero attached hydrogens (tertiary/aromatic N) is 2. The summed E-state index contributed by atoms with van der Waals surface area (Å²) in [6, 6.07) is 11.2. The van der Waals surface area contributed by atoms with Crippen LogP contribution in [0.15, 0.2) is 29.3 Å². The summed E-state index contributed by atoms with van der Waals surface area (Å²) in [5, 5.41) is 7.41. The fourth-order valence-electron chi connectivity index (χ4n) is 4.36. The van der Waals surface area contributed by atoms with Crippen LogP contribution in [0, 0.1) is 0 Å². The first-order valence-electron chi connectivity index (χ1n) is 11.1. The number of aliphatic imine (C=N–C) groups is 1. The van der Waals surface area contributed by atoms with Gasteiger partial charge in [0.05, 0.1) is 0 Å². The van der Waals surface area contributed by atoms with Gasteiger partial charge in [-0.2, -0.15) is 0 Å². The SMILES string of the molecule is CCN=C(NC1CCN(C2CC2)CC1)NC1CC1c1ccc(C(C)C)cc1.I. The third kappa shape index (κ3) is 5.62. The zero-order valence-corrected chi connectivity index (χ0v) is 20.0. The third-order valence-corrected chi connectivity index (χ3v) is 6.39. The summed E-state index contributed by atoms with van der Waals surface area (Å²) >= 11 is 0. The molecule has 1 saturated heterocycles. The van der Waals surface area contributed by atoms with Crippen LogP contribution in [0.2, 0.25) is 0 Å². The van der Waals surface area contributed by atoms with E-state index in [4.69, 9.17) is 4.99 Å². The highest BCUT2D eigenvalue weighted by atomic mass is 127. The topological polar surface area (TPSA) is 39.7 Å². The Balaban J connectivity index is 0.00000225. The van der Waals surface area contributed by atoms with Gasteiger partial charge in [-0.15, -0.1) is 24.0 Å². The van der Waals surface area contributed by atoms with Gasteiger partial charge in [-0.05, 0) is 56.1 Å². The summed E-state index contributed by atoms with van der Waals surface area (Å²) in [4.78, 5) is 7.39. The monoisotopic (exact) mass is 496 g/mol.